The molecule has 0 amide bonds. The van der Waals surface area contributed by atoms with Crippen molar-refractivity contribution in [1.29, 1.82) is 0 Å². The van der Waals surface area contributed by atoms with E-state index in [1.807, 2.05) is 17.7 Å². The fourth-order valence-corrected chi connectivity index (χ4v) is 2.20. The molecule has 3 nitrogen and oxygen atoms in total. The minimum absolute atomic E-state index is 0.373. The average Bonchev–Trinajstić information content (AvgIpc) is 2.59. The summed E-state index contributed by atoms with van der Waals surface area (Å²) in [6.45, 7) is 9.23. The van der Waals surface area contributed by atoms with Crippen LogP contribution in [0.4, 0.5) is 0 Å². The van der Waals surface area contributed by atoms with E-state index in [0.717, 1.165) is 24.4 Å². The Hall–Kier alpha value is -0.830. The lowest BCUT2D eigenvalue weighted by molar-refractivity contribution is 0.135. The van der Waals surface area contributed by atoms with E-state index in [-0.39, 0.29) is 6.10 Å². The zero-order valence-electron chi connectivity index (χ0n) is 10.9. The number of nitrogens with zero attached hydrogens (tertiary/aromatic N) is 2. The van der Waals surface area contributed by atoms with Crippen LogP contribution in [-0.4, -0.2) is 14.9 Å². The van der Waals surface area contributed by atoms with Crippen LogP contribution in [0.3, 0.4) is 0 Å². The molecule has 2 atom stereocenters. The number of aromatic nitrogens is 2. The standard InChI is InChI=1S/C13H24N2O/c1-5-7-10(3)8-13(16)12-9-11(4)14-15(12)6-2/h9-10,13,16H,5-8H2,1-4H3. The first-order valence-electron chi connectivity index (χ1n) is 6.30. The fraction of sp³-hybridized carbons (Fsp3) is 0.769. The van der Waals surface area contributed by atoms with Crippen LogP contribution >= 0.6 is 0 Å². The van der Waals surface area contributed by atoms with E-state index in [0.29, 0.717) is 5.92 Å². The maximum absolute atomic E-state index is 10.2. The molecule has 1 heterocycles. The molecule has 0 radical (unpaired) electrons. The molecule has 16 heavy (non-hydrogen) atoms. The Morgan fingerprint density at radius 1 is 1.44 bits per heavy atom. The molecule has 1 aromatic rings. The van der Waals surface area contributed by atoms with Crippen molar-refractivity contribution in [3.8, 4) is 0 Å². The lowest BCUT2D eigenvalue weighted by atomic mass is 9.97. The first-order chi connectivity index (χ1) is 7.58. The van der Waals surface area contributed by atoms with Gasteiger partial charge in [-0.25, -0.2) is 0 Å². The topological polar surface area (TPSA) is 38.1 Å². The third-order valence-corrected chi connectivity index (χ3v) is 2.98. The molecular weight excluding hydrogens is 200 g/mol. The van der Waals surface area contributed by atoms with E-state index in [9.17, 15) is 5.11 Å². The molecule has 0 bridgehead atoms. The molecule has 0 saturated carbocycles. The van der Waals surface area contributed by atoms with Gasteiger partial charge in [0.15, 0.2) is 0 Å². The third-order valence-electron chi connectivity index (χ3n) is 2.98. The Labute approximate surface area is 98.5 Å². The summed E-state index contributed by atoms with van der Waals surface area (Å²) < 4.78 is 1.90. The van der Waals surface area contributed by atoms with Crippen LogP contribution in [0.2, 0.25) is 0 Å². The van der Waals surface area contributed by atoms with Crippen LogP contribution in [0.5, 0.6) is 0 Å². The Balaban J connectivity index is 2.67. The maximum atomic E-state index is 10.2. The maximum Gasteiger partial charge on any atom is 0.0959 e. The average molecular weight is 224 g/mol. The molecule has 2 unspecified atom stereocenters. The van der Waals surface area contributed by atoms with E-state index in [4.69, 9.17) is 0 Å². The van der Waals surface area contributed by atoms with Crippen molar-refractivity contribution in [3.05, 3.63) is 17.5 Å². The highest BCUT2D eigenvalue weighted by molar-refractivity contribution is 5.11. The highest BCUT2D eigenvalue weighted by Crippen LogP contribution is 2.24. The summed E-state index contributed by atoms with van der Waals surface area (Å²) in [4.78, 5) is 0. The predicted octanol–water partition coefficient (Wildman–Crippen LogP) is 3.07. The van der Waals surface area contributed by atoms with Crippen molar-refractivity contribution >= 4 is 0 Å². The number of aryl methyl sites for hydroxylation is 2. The lowest BCUT2D eigenvalue weighted by Crippen LogP contribution is -2.10. The molecule has 0 aliphatic rings. The summed E-state index contributed by atoms with van der Waals surface area (Å²) in [6.07, 6.45) is 2.82. The van der Waals surface area contributed by atoms with Crippen molar-refractivity contribution in [3.63, 3.8) is 0 Å². The van der Waals surface area contributed by atoms with Gasteiger partial charge in [0.2, 0.25) is 0 Å². The van der Waals surface area contributed by atoms with Crippen LogP contribution in [0.1, 0.15) is 57.5 Å². The number of aliphatic hydroxyl groups is 1. The van der Waals surface area contributed by atoms with Gasteiger partial charge in [-0.15, -0.1) is 0 Å². The third kappa shape index (κ3) is 3.34. The highest BCUT2D eigenvalue weighted by atomic mass is 16.3. The molecule has 3 heteroatoms. The van der Waals surface area contributed by atoms with Crippen LogP contribution < -0.4 is 0 Å². The van der Waals surface area contributed by atoms with Gasteiger partial charge in [-0.2, -0.15) is 5.10 Å². The summed E-state index contributed by atoms with van der Waals surface area (Å²) in [5, 5.41) is 14.5. The first-order valence-corrected chi connectivity index (χ1v) is 6.30. The summed E-state index contributed by atoms with van der Waals surface area (Å²) in [6, 6.07) is 1.99. The van der Waals surface area contributed by atoms with E-state index >= 15 is 0 Å². The molecule has 0 fully saturated rings. The van der Waals surface area contributed by atoms with Gasteiger partial charge < -0.3 is 5.11 Å². The quantitative estimate of drug-likeness (QED) is 0.806. The zero-order valence-corrected chi connectivity index (χ0v) is 10.9. The second kappa shape index (κ2) is 6.04. The van der Waals surface area contributed by atoms with Gasteiger partial charge in [0.05, 0.1) is 17.5 Å². The fourth-order valence-electron chi connectivity index (χ4n) is 2.20. The molecule has 1 rings (SSSR count). The molecule has 0 aliphatic carbocycles. The van der Waals surface area contributed by atoms with E-state index in [1.54, 1.807) is 0 Å². The second-order valence-electron chi connectivity index (χ2n) is 4.67. The first kappa shape index (κ1) is 13.2. The smallest absolute Gasteiger partial charge is 0.0959 e. The second-order valence-corrected chi connectivity index (χ2v) is 4.67. The summed E-state index contributed by atoms with van der Waals surface area (Å²) in [5.74, 6) is 0.570. The molecule has 1 aromatic heterocycles. The zero-order chi connectivity index (χ0) is 12.1. The van der Waals surface area contributed by atoms with E-state index < -0.39 is 0 Å². The van der Waals surface area contributed by atoms with Crippen molar-refractivity contribution in [2.45, 2.75) is 59.6 Å². The number of rotatable bonds is 6. The SMILES string of the molecule is CCCC(C)CC(O)c1cc(C)nn1CC. The lowest BCUT2D eigenvalue weighted by Gasteiger charge is -2.16. The van der Waals surface area contributed by atoms with Gasteiger partial charge in [-0.1, -0.05) is 26.7 Å². The Bertz CT molecular complexity index is 320. The van der Waals surface area contributed by atoms with Gasteiger partial charge in [0, 0.05) is 6.54 Å². The minimum Gasteiger partial charge on any atom is -0.387 e. The Morgan fingerprint density at radius 3 is 2.69 bits per heavy atom. The highest BCUT2D eigenvalue weighted by Gasteiger charge is 2.16. The monoisotopic (exact) mass is 224 g/mol. The van der Waals surface area contributed by atoms with E-state index in [2.05, 4.69) is 25.9 Å². The van der Waals surface area contributed by atoms with Crippen molar-refractivity contribution in [2.75, 3.05) is 0 Å². The summed E-state index contributed by atoms with van der Waals surface area (Å²) in [7, 11) is 0. The van der Waals surface area contributed by atoms with Crippen molar-refractivity contribution < 1.29 is 5.11 Å². The predicted molar refractivity (Wildman–Crippen MR) is 66.3 cm³/mol. The van der Waals surface area contributed by atoms with Crippen LogP contribution in [0.25, 0.3) is 0 Å². The number of aliphatic hydroxyl groups excluding tert-OH is 1. The molecule has 1 N–H and O–H groups in total. The number of hydrogen-bond donors (Lipinski definition) is 1. The normalized spacial score (nSPS) is 15.1. The summed E-state index contributed by atoms with van der Waals surface area (Å²) >= 11 is 0. The van der Waals surface area contributed by atoms with Crippen molar-refractivity contribution in [2.24, 2.45) is 5.92 Å². The van der Waals surface area contributed by atoms with Gasteiger partial charge in [0.25, 0.3) is 0 Å². The van der Waals surface area contributed by atoms with Crippen LogP contribution in [0, 0.1) is 12.8 Å². The molecular formula is C13H24N2O. The molecule has 0 aromatic carbocycles. The molecule has 0 spiro atoms. The largest absolute Gasteiger partial charge is 0.387 e. The van der Waals surface area contributed by atoms with Crippen molar-refractivity contribution in [1.82, 2.24) is 9.78 Å². The van der Waals surface area contributed by atoms with Gasteiger partial charge in [-0.05, 0) is 32.3 Å². The van der Waals surface area contributed by atoms with Crippen LogP contribution in [0.15, 0.2) is 6.07 Å². The number of hydrogen-bond acceptors (Lipinski definition) is 2. The van der Waals surface area contributed by atoms with Gasteiger partial charge in [-0.3, -0.25) is 4.68 Å². The van der Waals surface area contributed by atoms with Gasteiger partial charge in [0.1, 0.15) is 0 Å². The Morgan fingerprint density at radius 2 is 2.12 bits per heavy atom. The van der Waals surface area contributed by atoms with E-state index in [1.165, 1.54) is 12.8 Å². The van der Waals surface area contributed by atoms with Gasteiger partial charge >= 0.3 is 0 Å². The molecule has 0 saturated heterocycles. The molecule has 0 aliphatic heterocycles. The van der Waals surface area contributed by atoms with Crippen LogP contribution in [-0.2, 0) is 6.54 Å². The minimum atomic E-state index is -0.373. The molecule has 92 valence electrons. The summed E-state index contributed by atoms with van der Waals surface area (Å²) in [5.41, 5.74) is 1.95. The Kier molecular flexibility index (Phi) is 5.00.